The van der Waals surface area contributed by atoms with Gasteiger partial charge in [-0.1, -0.05) is 42.5 Å². The van der Waals surface area contributed by atoms with Gasteiger partial charge in [0, 0.05) is 28.3 Å². The zero-order chi connectivity index (χ0) is 15.4. The molecule has 3 heteroatoms. The highest BCUT2D eigenvalue weighted by Gasteiger charge is 2.12. The minimum Gasteiger partial charge on any atom is -0.323 e. The van der Waals surface area contributed by atoms with Crippen LogP contribution in [-0.2, 0) is 16.6 Å². The van der Waals surface area contributed by atoms with E-state index in [0.717, 1.165) is 11.1 Å². The van der Waals surface area contributed by atoms with Gasteiger partial charge in [-0.25, -0.2) is 0 Å². The maximum atomic E-state index is 12.3. The van der Waals surface area contributed by atoms with Gasteiger partial charge in [0.25, 0.3) is 0 Å². The van der Waals surface area contributed by atoms with E-state index < -0.39 is 10.8 Å². The highest BCUT2D eigenvalue weighted by molar-refractivity contribution is 7.84. The van der Waals surface area contributed by atoms with Crippen LogP contribution in [-0.4, -0.2) is 9.96 Å². The van der Waals surface area contributed by atoms with E-state index in [9.17, 15) is 4.21 Å². The van der Waals surface area contributed by atoms with Crippen molar-refractivity contribution in [3.05, 3.63) is 70.3 Å². The molecule has 2 nitrogen and oxygen atoms in total. The quantitative estimate of drug-likeness (QED) is 0.917. The van der Waals surface area contributed by atoms with Crippen LogP contribution in [0.2, 0.25) is 0 Å². The summed E-state index contributed by atoms with van der Waals surface area (Å²) in [6, 6.07) is 14.1. The van der Waals surface area contributed by atoms with Crippen molar-refractivity contribution in [1.82, 2.24) is 0 Å². The van der Waals surface area contributed by atoms with E-state index in [1.807, 2.05) is 24.3 Å². The number of hydrogen-bond donors (Lipinski definition) is 1. The van der Waals surface area contributed by atoms with Crippen LogP contribution in [0.5, 0.6) is 0 Å². The Bertz CT molecular complexity index is 651. The fourth-order valence-corrected chi connectivity index (χ4v) is 3.68. The fourth-order valence-electron chi connectivity index (χ4n) is 2.30. The minimum atomic E-state index is -0.949. The second-order valence-corrected chi connectivity index (χ2v) is 7.13. The standard InChI is InChI=1S/C18H23NOS/c1-13-8-9-16(10-15(13)3)18(19)12-21(20)11-17-7-5-4-6-14(17)2/h4-10,18H,11-12,19H2,1-3H3. The third-order valence-corrected chi connectivity index (χ3v) is 5.27. The molecule has 2 N–H and O–H groups in total. The molecule has 0 aliphatic heterocycles. The molecule has 0 aromatic heterocycles. The first-order valence-electron chi connectivity index (χ1n) is 7.19. The summed E-state index contributed by atoms with van der Waals surface area (Å²) in [5, 5.41) is 0. The van der Waals surface area contributed by atoms with Crippen LogP contribution >= 0.6 is 0 Å². The second-order valence-electron chi connectivity index (χ2n) is 5.63. The van der Waals surface area contributed by atoms with E-state index in [1.165, 1.54) is 16.7 Å². The fraction of sp³-hybridized carbons (Fsp3) is 0.333. The van der Waals surface area contributed by atoms with Crippen molar-refractivity contribution in [3.63, 3.8) is 0 Å². The van der Waals surface area contributed by atoms with Gasteiger partial charge >= 0.3 is 0 Å². The molecule has 0 radical (unpaired) electrons. The van der Waals surface area contributed by atoms with E-state index >= 15 is 0 Å². The van der Waals surface area contributed by atoms with Crippen molar-refractivity contribution >= 4 is 10.8 Å². The Labute approximate surface area is 129 Å². The first-order chi connectivity index (χ1) is 9.97. The topological polar surface area (TPSA) is 43.1 Å². The molecule has 0 spiro atoms. The molecular formula is C18H23NOS. The predicted octanol–water partition coefficient (Wildman–Crippen LogP) is 3.56. The highest BCUT2D eigenvalue weighted by atomic mass is 32.2. The third kappa shape index (κ3) is 4.26. The second kappa shape index (κ2) is 7.01. The lowest BCUT2D eigenvalue weighted by atomic mass is 10.0. The number of hydrogen-bond acceptors (Lipinski definition) is 2. The van der Waals surface area contributed by atoms with E-state index in [0.29, 0.717) is 11.5 Å². The van der Waals surface area contributed by atoms with Gasteiger partial charge in [-0.3, -0.25) is 4.21 Å². The van der Waals surface area contributed by atoms with Crippen LogP contribution < -0.4 is 5.73 Å². The van der Waals surface area contributed by atoms with Crippen molar-refractivity contribution in [3.8, 4) is 0 Å². The SMILES string of the molecule is Cc1ccc(C(N)CS(=O)Cc2ccccc2C)cc1C. The molecule has 112 valence electrons. The Balaban J connectivity index is 2.02. The molecule has 2 rings (SSSR count). The summed E-state index contributed by atoms with van der Waals surface area (Å²) in [5.41, 5.74) is 12.1. The summed E-state index contributed by atoms with van der Waals surface area (Å²) in [7, 11) is -0.949. The number of benzene rings is 2. The number of nitrogens with two attached hydrogens (primary N) is 1. The molecule has 0 saturated heterocycles. The lowest BCUT2D eigenvalue weighted by molar-refractivity contribution is 0.674. The van der Waals surface area contributed by atoms with Gasteiger partial charge in [-0.05, 0) is 48.6 Å². The molecule has 0 saturated carbocycles. The zero-order valence-corrected chi connectivity index (χ0v) is 13.7. The van der Waals surface area contributed by atoms with Gasteiger partial charge in [-0.15, -0.1) is 0 Å². The van der Waals surface area contributed by atoms with Gasteiger partial charge in [-0.2, -0.15) is 0 Å². The molecule has 21 heavy (non-hydrogen) atoms. The van der Waals surface area contributed by atoms with Crippen LogP contribution in [0, 0.1) is 20.8 Å². The predicted molar refractivity (Wildman–Crippen MR) is 90.7 cm³/mol. The van der Waals surface area contributed by atoms with Gasteiger partial charge < -0.3 is 5.73 Å². The first kappa shape index (κ1) is 15.9. The largest absolute Gasteiger partial charge is 0.323 e. The molecule has 0 heterocycles. The molecule has 0 aliphatic rings. The highest BCUT2D eigenvalue weighted by Crippen LogP contribution is 2.18. The van der Waals surface area contributed by atoms with Crippen LogP contribution in [0.1, 0.15) is 33.9 Å². The Morgan fingerprint density at radius 3 is 2.38 bits per heavy atom. The zero-order valence-electron chi connectivity index (χ0n) is 12.9. The van der Waals surface area contributed by atoms with Crippen molar-refractivity contribution in [2.45, 2.75) is 32.6 Å². The Morgan fingerprint density at radius 1 is 1.00 bits per heavy atom. The lowest BCUT2D eigenvalue weighted by Gasteiger charge is -2.14. The molecule has 0 fully saturated rings. The summed E-state index contributed by atoms with van der Waals surface area (Å²) < 4.78 is 12.3. The van der Waals surface area contributed by atoms with Crippen LogP contribution in [0.15, 0.2) is 42.5 Å². The van der Waals surface area contributed by atoms with Gasteiger partial charge in [0.1, 0.15) is 0 Å². The summed E-state index contributed by atoms with van der Waals surface area (Å²) in [4.78, 5) is 0. The molecular weight excluding hydrogens is 278 g/mol. The summed E-state index contributed by atoms with van der Waals surface area (Å²) in [6.07, 6.45) is 0. The maximum Gasteiger partial charge on any atom is 0.0489 e. The molecule has 2 atom stereocenters. The van der Waals surface area contributed by atoms with E-state index in [-0.39, 0.29) is 6.04 Å². The average molecular weight is 301 g/mol. The summed E-state index contributed by atoms with van der Waals surface area (Å²) >= 11 is 0. The Kier molecular flexibility index (Phi) is 5.32. The summed E-state index contributed by atoms with van der Waals surface area (Å²) in [5.74, 6) is 1.07. The maximum absolute atomic E-state index is 12.3. The smallest absolute Gasteiger partial charge is 0.0489 e. The average Bonchev–Trinajstić information content (AvgIpc) is 2.44. The van der Waals surface area contributed by atoms with Crippen molar-refractivity contribution in [1.29, 1.82) is 0 Å². The molecule has 2 aromatic rings. The summed E-state index contributed by atoms with van der Waals surface area (Å²) in [6.45, 7) is 6.21. The number of rotatable bonds is 5. The van der Waals surface area contributed by atoms with Crippen molar-refractivity contribution in [2.24, 2.45) is 5.73 Å². The first-order valence-corrected chi connectivity index (χ1v) is 8.68. The molecule has 0 bridgehead atoms. The van der Waals surface area contributed by atoms with Gasteiger partial charge in [0.2, 0.25) is 0 Å². The van der Waals surface area contributed by atoms with Crippen LogP contribution in [0.25, 0.3) is 0 Å². The van der Waals surface area contributed by atoms with Crippen LogP contribution in [0.3, 0.4) is 0 Å². The van der Waals surface area contributed by atoms with E-state index in [2.05, 4.69) is 39.0 Å². The number of aryl methyl sites for hydroxylation is 3. The molecule has 2 aromatic carbocycles. The molecule has 2 unspecified atom stereocenters. The van der Waals surface area contributed by atoms with E-state index in [1.54, 1.807) is 0 Å². The van der Waals surface area contributed by atoms with Crippen molar-refractivity contribution in [2.75, 3.05) is 5.75 Å². The minimum absolute atomic E-state index is 0.172. The molecule has 0 amide bonds. The van der Waals surface area contributed by atoms with Gasteiger partial charge in [0.15, 0.2) is 0 Å². The Morgan fingerprint density at radius 2 is 1.71 bits per heavy atom. The van der Waals surface area contributed by atoms with E-state index in [4.69, 9.17) is 5.73 Å². The third-order valence-electron chi connectivity index (χ3n) is 3.90. The normalized spacial score (nSPS) is 13.9. The van der Waals surface area contributed by atoms with Crippen LogP contribution in [0.4, 0.5) is 0 Å². The van der Waals surface area contributed by atoms with Crippen molar-refractivity contribution < 1.29 is 4.21 Å². The monoisotopic (exact) mass is 301 g/mol. The lowest BCUT2D eigenvalue weighted by Crippen LogP contribution is -2.19. The Hall–Kier alpha value is -1.45. The van der Waals surface area contributed by atoms with Gasteiger partial charge in [0.05, 0.1) is 0 Å². The molecule has 0 aliphatic carbocycles.